The first kappa shape index (κ1) is 9.41. The van der Waals surface area contributed by atoms with E-state index in [2.05, 4.69) is 0 Å². The third-order valence-corrected chi connectivity index (χ3v) is 2.60. The Labute approximate surface area is 83.9 Å². The van der Waals surface area contributed by atoms with Gasteiger partial charge in [-0.1, -0.05) is 18.2 Å². The van der Waals surface area contributed by atoms with Crippen molar-refractivity contribution in [2.45, 2.75) is 25.4 Å². The average Bonchev–Trinajstić information content (AvgIpc) is 2.30. The quantitative estimate of drug-likeness (QED) is 0.670. The van der Waals surface area contributed by atoms with Gasteiger partial charge in [0.05, 0.1) is 6.10 Å². The van der Waals surface area contributed by atoms with Gasteiger partial charge < -0.3 is 4.74 Å². The Morgan fingerprint density at radius 2 is 2.29 bits per heavy atom. The molecule has 1 fully saturated rings. The maximum absolute atomic E-state index is 10.6. The van der Waals surface area contributed by atoms with E-state index < -0.39 is 0 Å². The van der Waals surface area contributed by atoms with Crippen LogP contribution in [0, 0.1) is 0 Å². The molecule has 1 atom stereocenters. The first-order valence-electron chi connectivity index (χ1n) is 5.07. The van der Waals surface area contributed by atoms with Crippen LogP contribution in [0.3, 0.4) is 0 Å². The highest BCUT2D eigenvalue weighted by molar-refractivity contribution is 5.74. The van der Waals surface area contributed by atoms with Crippen LogP contribution in [0.15, 0.2) is 24.3 Å². The Morgan fingerprint density at radius 3 is 3.00 bits per heavy atom. The minimum atomic E-state index is 0.198. The molecule has 0 saturated carbocycles. The summed E-state index contributed by atoms with van der Waals surface area (Å²) in [5.74, 6) is 0. The molecule has 1 aromatic rings. The Kier molecular flexibility index (Phi) is 2.94. The third kappa shape index (κ3) is 2.02. The van der Waals surface area contributed by atoms with Crippen molar-refractivity contribution in [1.82, 2.24) is 0 Å². The largest absolute Gasteiger partial charge is 0.374 e. The van der Waals surface area contributed by atoms with Crippen LogP contribution in [-0.4, -0.2) is 12.9 Å². The second-order valence-corrected chi connectivity index (χ2v) is 3.64. The zero-order chi connectivity index (χ0) is 9.80. The van der Waals surface area contributed by atoms with Crippen molar-refractivity contribution in [3.05, 3.63) is 35.4 Å². The van der Waals surface area contributed by atoms with Crippen molar-refractivity contribution in [1.29, 1.82) is 0 Å². The van der Waals surface area contributed by atoms with Gasteiger partial charge in [0.15, 0.2) is 0 Å². The monoisotopic (exact) mass is 190 g/mol. The van der Waals surface area contributed by atoms with Gasteiger partial charge in [0, 0.05) is 12.2 Å². The van der Waals surface area contributed by atoms with Crippen LogP contribution < -0.4 is 0 Å². The molecule has 1 heterocycles. The highest BCUT2D eigenvalue weighted by atomic mass is 16.5. The van der Waals surface area contributed by atoms with Crippen molar-refractivity contribution >= 4 is 6.29 Å². The summed E-state index contributed by atoms with van der Waals surface area (Å²) in [5, 5.41) is 0. The fourth-order valence-corrected chi connectivity index (χ4v) is 1.84. The normalized spacial score (nSPS) is 21.9. The first-order chi connectivity index (χ1) is 6.90. The number of aldehydes is 1. The third-order valence-electron chi connectivity index (χ3n) is 2.60. The van der Waals surface area contributed by atoms with Gasteiger partial charge in [0.25, 0.3) is 0 Å². The summed E-state index contributed by atoms with van der Waals surface area (Å²) < 4.78 is 5.65. The van der Waals surface area contributed by atoms with E-state index in [9.17, 15) is 4.79 Å². The molecule has 0 amide bonds. The summed E-state index contributed by atoms with van der Waals surface area (Å²) in [6.07, 6.45) is 4.53. The number of hydrogen-bond donors (Lipinski definition) is 0. The Morgan fingerprint density at radius 1 is 1.36 bits per heavy atom. The van der Waals surface area contributed by atoms with Gasteiger partial charge in [-0.2, -0.15) is 0 Å². The maximum atomic E-state index is 10.6. The van der Waals surface area contributed by atoms with E-state index in [0.29, 0.717) is 0 Å². The van der Waals surface area contributed by atoms with E-state index in [4.69, 9.17) is 4.74 Å². The fraction of sp³-hybridized carbons (Fsp3) is 0.417. The lowest BCUT2D eigenvalue weighted by Crippen LogP contribution is -2.11. The Hall–Kier alpha value is -1.15. The summed E-state index contributed by atoms with van der Waals surface area (Å²) in [5.41, 5.74) is 1.87. The first-order valence-corrected chi connectivity index (χ1v) is 5.07. The van der Waals surface area contributed by atoms with Crippen LogP contribution in [0.4, 0.5) is 0 Å². The topological polar surface area (TPSA) is 26.3 Å². The molecule has 0 unspecified atom stereocenters. The van der Waals surface area contributed by atoms with Gasteiger partial charge in [-0.15, -0.1) is 0 Å². The maximum Gasteiger partial charge on any atom is 0.150 e. The number of benzene rings is 1. The average molecular weight is 190 g/mol. The van der Waals surface area contributed by atoms with Crippen LogP contribution in [-0.2, 0) is 4.74 Å². The zero-order valence-electron chi connectivity index (χ0n) is 8.11. The van der Waals surface area contributed by atoms with E-state index in [1.54, 1.807) is 0 Å². The molecule has 0 aliphatic carbocycles. The van der Waals surface area contributed by atoms with Crippen LogP contribution >= 0.6 is 0 Å². The van der Waals surface area contributed by atoms with Gasteiger partial charge in [-0.3, -0.25) is 4.79 Å². The van der Waals surface area contributed by atoms with Crippen molar-refractivity contribution < 1.29 is 9.53 Å². The fourth-order valence-electron chi connectivity index (χ4n) is 1.84. The molecule has 1 saturated heterocycles. The SMILES string of the molecule is O=Cc1cccc([C@H]2CCCCO2)c1. The van der Waals surface area contributed by atoms with Gasteiger partial charge in [0.1, 0.15) is 6.29 Å². The lowest BCUT2D eigenvalue weighted by atomic mass is 10.00. The second-order valence-electron chi connectivity index (χ2n) is 3.64. The molecule has 0 radical (unpaired) electrons. The highest BCUT2D eigenvalue weighted by Crippen LogP contribution is 2.27. The standard InChI is InChI=1S/C12H14O2/c13-9-10-4-3-5-11(8-10)12-6-1-2-7-14-12/h3-5,8-9,12H,1-2,6-7H2/t12-/m1/s1. The molecule has 0 aromatic heterocycles. The van der Waals surface area contributed by atoms with Crippen molar-refractivity contribution in [2.75, 3.05) is 6.61 Å². The number of carbonyl (C=O) groups excluding carboxylic acids is 1. The molecule has 1 aliphatic heterocycles. The number of ether oxygens (including phenoxy) is 1. The smallest absolute Gasteiger partial charge is 0.150 e. The predicted octanol–water partition coefficient (Wildman–Crippen LogP) is 2.74. The molecule has 0 spiro atoms. The molecular formula is C12H14O2. The van der Waals surface area contributed by atoms with E-state index >= 15 is 0 Å². The minimum Gasteiger partial charge on any atom is -0.374 e. The van der Waals surface area contributed by atoms with Gasteiger partial charge in [-0.05, 0) is 30.9 Å². The lowest BCUT2D eigenvalue weighted by Gasteiger charge is -2.22. The minimum absolute atomic E-state index is 0.198. The van der Waals surface area contributed by atoms with Crippen LogP contribution in [0.1, 0.15) is 41.3 Å². The molecule has 0 N–H and O–H groups in total. The summed E-state index contributed by atoms with van der Waals surface area (Å²) in [6.45, 7) is 0.843. The summed E-state index contributed by atoms with van der Waals surface area (Å²) in [4.78, 5) is 10.6. The molecule has 14 heavy (non-hydrogen) atoms. The molecule has 2 rings (SSSR count). The van der Waals surface area contributed by atoms with E-state index in [0.717, 1.165) is 36.9 Å². The van der Waals surface area contributed by atoms with Gasteiger partial charge in [-0.25, -0.2) is 0 Å². The van der Waals surface area contributed by atoms with E-state index in [-0.39, 0.29) is 6.10 Å². The van der Waals surface area contributed by atoms with Gasteiger partial charge in [0.2, 0.25) is 0 Å². The predicted molar refractivity (Wildman–Crippen MR) is 54.4 cm³/mol. The molecule has 1 aromatic carbocycles. The van der Waals surface area contributed by atoms with Crippen molar-refractivity contribution in [3.8, 4) is 0 Å². The van der Waals surface area contributed by atoms with E-state index in [1.807, 2.05) is 24.3 Å². The van der Waals surface area contributed by atoms with E-state index in [1.165, 1.54) is 6.42 Å². The second kappa shape index (κ2) is 4.38. The number of rotatable bonds is 2. The van der Waals surface area contributed by atoms with Gasteiger partial charge >= 0.3 is 0 Å². The summed E-state index contributed by atoms with van der Waals surface area (Å²) >= 11 is 0. The molecular weight excluding hydrogens is 176 g/mol. The highest BCUT2D eigenvalue weighted by Gasteiger charge is 2.15. The Balaban J connectivity index is 2.17. The number of carbonyl (C=O) groups is 1. The number of hydrogen-bond acceptors (Lipinski definition) is 2. The lowest BCUT2D eigenvalue weighted by molar-refractivity contribution is 0.0149. The molecule has 2 heteroatoms. The summed E-state index contributed by atoms with van der Waals surface area (Å²) in [7, 11) is 0. The van der Waals surface area contributed by atoms with Crippen LogP contribution in [0.25, 0.3) is 0 Å². The molecule has 2 nitrogen and oxygen atoms in total. The Bertz CT molecular complexity index is 314. The molecule has 0 bridgehead atoms. The summed E-state index contributed by atoms with van der Waals surface area (Å²) in [6, 6.07) is 7.68. The molecule has 74 valence electrons. The van der Waals surface area contributed by atoms with Crippen LogP contribution in [0.5, 0.6) is 0 Å². The molecule has 1 aliphatic rings. The zero-order valence-corrected chi connectivity index (χ0v) is 8.11. The van der Waals surface area contributed by atoms with Crippen LogP contribution in [0.2, 0.25) is 0 Å². The van der Waals surface area contributed by atoms with Crippen molar-refractivity contribution in [2.24, 2.45) is 0 Å². The van der Waals surface area contributed by atoms with Crippen molar-refractivity contribution in [3.63, 3.8) is 0 Å².